The average Bonchev–Trinajstić information content (AvgIpc) is 2.61. The number of nitrogens with one attached hydrogen (secondary N) is 2. The van der Waals surface area contributed by atoms with Crippen molar-refractivity contribution in [2.75, 3.05) is 47.1 Å². The fourth-order valence-electron chi connectivity index (χ4n) is 1.83. The van der Waals surface area contributed by atoms with Gasteiger partial charge in [0, 0.05) is 46.1 Å². The Morgan fingerprint density at radius 3 is 2.73 bits per heavy atom. The number of pyridine rings is 1. The Balaban J connectivity index is 2.30. The van der Waals surface area contributed by atoms with E-state index in [0.29, 0.717) is 38.9 Å². The zero-order chi connectivity index (χ0) is 19.3. The van der Waals surface area contributed by atoms with Gasteiger partial charge in [-0.3, -0.25) is 4.99 Å². The fourth-order valence-corrected chi connectivity index (χ4v) is 1.83. The molecule has 1 aromatic rings. The largest absolute Gasteiger partial charge is 0.468 e. The Labute approximate surface area is 150 Å². The van der Waals surface area contributed by atoms with Gasteiger partial charge in [-0.15, -0.1) is 0 Å². The molecule has 1 rings (SSSR count). The summed E-state index contributed by atoms with van der Waals surface area (Å²) in [7, 11) is 3.25. The molecule has 0 atom stereocenters. The molecule has 26 heavy (non-hydrogen) atoms. The van der Waals surface area contributed by atoms with Crippen molar-refractivity contribution in [3.05, 3.63) is 23.9 Å². The second-order valence-corrected chi connectivity index (χ2v) is 5.22. The van der Waals surface area contributed by atoms with E-state index >= 15 is 0 Å². The predicted octanol–water partition coefficient (Wildman–Crippen LogP) is 1.74. The highest BCUT2D eigenvalue weighted by atomic mass is 19.4. The van der Waals surface area contributed by atoms with E-state index in [1.54, 1.807) is 20.2 Å². The van der Waals surface area contributed by atoms with E-state index in [2.05, 4.69) is 25.3 Å². The SMILES string of the molecule is CN=C(NCCCOCCOC)NCc1ccnc(OCC(F)(F)F)c1. The van der Waals surface area contributed by atoms with Gasteiger partial charge in [-0.2, -0.15) is 13.2 Å². The molecule has 0 spiro atoms. The molecule has 0 radical (unpaired) electrons. The summed E-state index contributed by atoms with van der Waals surface area (Å²) in [6.45, 7) is 1.41. The summed E-state index contributed by atoms with van der Waals surface area (Å²) in [6.07, 6.45) is -2.19. The first kappa shape index (κ1) is 22.0. The van der Waals surface area contributed by atoms with Crippen molar-refractivity contribution in [1.82, 2.24) is 15.6 Å². The molecule has 0 aromatic carbocycles. The fraction of sp³-hybridized carbons (Fsp3) is 0.625. The van der Waals surface area contributed by atoms with E-state index in [0.717, 1.165) is 12.0 Å². The summed E-state index contributed by atoms with van der Waals surface area (Å²) in [5, 5.41) is 6.19. The molecule has 0 aliphatic heterocycles. The van der Waals surface area contributed by atoms with Crippen molar-refractivity contribution in [2.45, 2.75) is 19.1 Å². The minimum absolute atomic E-state index is 0.0715. The van der Waals surface area contributed by atoms with E-state index in [4.69, 9.17) is 9.47 Å². The maximum Gasteiger partial charge on any atom is 0.422 e. The monoisotopic (exact) mass is 378 g/mol. The number of ether oxygens (including phenoxy) is 3. The molecule has 10 heteroatoms. The van der Waals surface area contributed by atoms with Crippen LogP contribution in [0, 0.1) is 0 Å². The van der Waals surface area contributed by atoms with Crippen LogP contribution in [0.4, 0.5) is 13.2 Å². The lowest BCUT2D eigenvalue weighted by Crippen LogP contribution is -2.37. The number of aromatic nitrogens is 1. The van der Waals surface area contributed by atoms with Crippen LogP contribution in [0.3, 0.4) is 0 Å². The normalized spacial score (nSPS) is 12.1. The quantitative estimate of drug-likeness (QED) is 0.347. The van der Waals surface area contributed by atoms with Crippen LogP contribution in [0.25, 0.3) is 0 Å². The number of alkyl halides is 3. The number of aliphatic imine (C=N–C) groups is 1. The van der Waals surface area contributed by atoms with E-state index in [9.17, 15) is 13.2 Å². The van der Waals surface area contributed by atoms with E-state index < -0.39 is 12.8 Å². The number of halogens is 3. The third kappa shape index (κ3) is 10.7. The molecule has 0 bridgehead atoms. The molecule has 1 heterocycles. The summed E-state index contributed by atoms with van der Waals surface area (Å²) in [4.78, 5) is 7.84. The molecular weight excluding hydrogens is 353 g/mol. The summed E-state index contributed by atoms with van der Waals surface area (Å²) in [5.41, 5.74) is 0.725. The second-order valence-electron chi connectivity index (χ2n) is 5.22. The molecule has 148 valence electrons. The number of hydrogen-bond donors (Lipinski definition) is 2. The number of methoxy groups -OCH3 is 1. The van der Waals surface area contributed by atoms with E-state index in [1.165, 1.54) is 12.3 Å². The molecular formula is C16H25F3N4O3. The minimum Gasteiger partial charge on any atom is -0.468 e. The Morgan fingerprint density at radius 1 is 1.23 bits per heavy atom. The Hall–Kier alpha value is -2.07. The van der Waals surface area contributed by atoms with Crippen LogP contribution in [-0.2, 0) is 16.0 Å². The van der Waals surface area contributed by atoms with Crippen molar-refractivity contribution in [3.8, 4) is 5.88 Å². The molecule has 0 unspecified atom stereocenters. The van der Waals surface area contributed by atoms with Gasteiger partial charge in [-0.25, -0.2) is 4.98 Å². The maximum atomic E-state index is 12.2. The lowest BCUT2D eigenvalue weighted by Gasteiger charge is -2.13. The summed E-state index contributed by atoms with van der Waals surface area (Å²) in [5.74, 6) is 0.509. The standard InChI is InChI=1S/C16H25F3N4O3/c1-20-15(22-5-3-7-25-9-8-24-2)23-11-13-4-6-21-14(10-13)26-12-16(17,18)19/h4,6,10H,3,5,7-9,11-12H2,1-2H3,(H2,20,22,23). The second kappa shape index (κ2) is 12.3. The number of guanidine groups is 1. The molecule has 0 aliphatic carbocycles. The van der Waals surface area contributed by atoms with Gasteiger partial charge in [0.1, 0.15) is 0 Å². The summed E-state index contributed by atoms with van der Waals surface area (Å²) >= 11 is 0. The highest BCUT2D eigenvalue weighted by molar-refractivity contribution is 5.79. The smallest absolute Gasteiger partial charge is 0.422 e. The maximum absolute atomic E-state index is 12.2. The van der Waals surface area contributed by atoms with Crippen molar-refractivity contribution in [2.24, 2.45) is 4.99 Å². The van der Waals surface area contributed by atoms with Crippen LogP contribution in [0.1, 0.15) is 12.0 Å². The van der Waals surface area contributed by atoms with Gasteiger partial charge >= 0.3 is 6.18 Å². The topological polar surface area (TPSA) is 77.0 Å². The Bertz CT molecular complexity index is 542. The first-order chi connectivity index (χ1) is 12.4. The van der Waals surface area contributed by atoms with Gasteiger partial charge in [-0.1, -0.05) is 0 Å². The van der Waals surface area contributed by atoms with Crippen LogP contribution in [0.2, 0.25) is 0 Å². The number of hydrogen-bond acceptors (Lipinski definition) is 5. The van der Waals surface area contributed by atoms with Crippen molar-refractivity contribution >= 4 is 5.96 Å². The first-order valence-corrected chi connectivity index (χ1v) is 8.10. The lowest BCUT2D eigenvalue weighted by atomic mass is 10.2. The Kier molecular flexibility index (Phi) is 10.4. The van der Waals surface area contributed by atoms with Crippen molar-refractivity contribution in [1.29, 1.82) is 0 Å². The van der Waals surface area contributed by atoms with Crippen LogP contribution < -0.4 is 15.4 Å². The molecule has 0 amide bonds. The summed E-state index contributed by atoms with van der Waals surface area (Å²) in [6, 6.07) is 3.14. The van der Waals surface area contributed by atoms with Gasteiger partial charge in [0.05, 0.1) is 13.2 Å². The zero-order valence-corrected chi connectivity index (χ0v) is 14.9. The molecule has 7 nitrogen and oxygen atoms in total. The lowest BCUT2D eigenvalue weighted by molar-refractivity contribution is -0.154. The zero-order valence-electron chi connectivity index (χ0n) is 14.9. The van der Waals surface area contributed by atoms with Crippen LogP contribution in [-0.4, -0.2) is 64.2 Å². The third-order valence-electron chi connectivity index (χ3n) is 3.06. The molecule has 1 aromatic heterocycles. The van der Waals surface area contributed by atoms with Gasteiger partial charge in [0.15, 0.2) is 12.6 Å². The van der Waals surface area contributed by atoms with Crippen LogP contribution >= 0.6 is 0 Å². The van der Waals surface area contributed by atoms with Crippen LogP contribution in [0.15, 0.2) is 23.3 Å². The highest BCUT2D eigenvalue weighted by Crippen LogP contribution is 2.17. The van der Waals surface area contributed by atoms with E-state index in [-0.39, 0.29) is 5.88 Å². The number of nitrogens with zero attached hydrogens (tertiary/aromatic N) is 2. The van der Waals surface area contributed by atoms with Crippen molar-refractivity contribution in [3.63, 3.8) is 0 Å². The average molecular weight is 378 g/mol. The molecule has 0 aliphatic rings. The number of rotatable bonds is 11. The summed E-state index contributed by atoms with van der Waals surface area (Å²) < 4.78 is 51.4. The molecule has 0 saturated heterocycles. The van der Waals surface area contributed by atoms with Gasteiger partial charge < -0.3 is 24.8 Å². The van der Waals surface area contributed by atoms with Gasteiger partial charge in [0.2, 0.25) is 5.88 Å². The molecule has 0 saturated carbocycles. The van der Waals surface area contributed by atoms with Crippen molar-refractivity contribution < 1.29 is 27.4 Å². The third-order valence-corrected chi connectivity index (χ3v) is 3.06. The molecule has 0 fully saturated rings. The van der Waals surface area contributed by atoms with E-state index in [1.807, 2.05) is 0 Å². The van der Waals surface area contributed by atoms with Gasteiger partial charge in [-0.05, 0) is 18.1 Å². The minimum atomic E-state index is -4.39. The molecule has 2 N–H and O–H groups in total. The Morgan fingerprint density at radius 2 is 2.04 bits per heavy atom. The van der Waals surface area contributed by atoms with Gasteiger partial charge in [0.25, 0.3) is 0 Å². The van der Waals surface area contributed by atoms with Crippen LogP contribution in [0.5, 0.6) is 5.88 Å². The first-order valence-electron chi connectivity index (χ1n) is 8.10. The highest BCUT2D eigenvalue weighted by Gasteiger charge is 2.28. The predicted molar refractivity (Wildman–Crippen MR) is 91.3 cm³/mol.